The molecule has 0 saturated carbocycles. The molecule has 0 aliphatic carbocycles. The molecule has 3 N–H and O–H groups in total. The second-order valence-electron chi connectivity index (χ2n) is 6.10. The fraction of sp³-hybridized carbons (Fsp3) is 0.333. The van der Waals surface area contributed by atoms with Crippen molar-refractivity contribution >= 4 is 52.2 Å². The quantitative estimate of drug-likeness (QED) is 0.585. The van der Waals surface area contributed by atoms with E-state index in [4.69, 9.17) is 0 Å². The Morgan fingerprint density at radius 3 is 2.52 bits per heavy atom. The fourth-order valence-electron chi connectivity index (χ4n) is 2.18. The monoisotopic (exact) mass is 406 g/mol. The smallest absolute Gasteiger partial charge is 0.234 e. The Kier molecular flexibility index (Phi) is 7.81. The molecule has 3 amide bonds. The molecule has 1 aromatic heterocycles. The Morgan fingerprint density at radius 1 is 1.15 bits per heavy atom. The summed E-state index contributed by atoms with van der Waals surface area (Å²) in [6.07, 6.45) is 0.234. The molecule has 0 spiro atoms. The first-order chi connectivity index (χ1) is 12.8. The first-order valence-corrected chi connectivity index (χ1v) is 10.2. The van der Waals surface area contributed by atoms with Crippen molar-refractivity contribution in [3.63, 3.8) is 0 Å². The zero-order chi connectivity index (χ0) is 19.8. The van der Waals surface area contributed by atoms with Crippen molar-refractivity contribution in [1.29, 1.82) is 0 Å². The average molecular weight is 407 g/mol. The Bertz CT molecular complexity index is 820. The molecule has 0 unspecified atom stereocenters. The number of carbonyl (C=O) groups is 3. The summed E-state index contributed by atoms with van der Waals surface area (Å²) < 4.78 is 0.740. The molecule has 0 aliphatic rings. The molecular weight excluding hydrogens is 384 g/mol. The van der Waals surface area contributed by atoms with E-state index in [9.17, 15) is 14.4 Å². The van der Waals surface area contributed by atoms with Crippen LogP contribution in [0.4, 0.5) is 11.4 Å². The van der Waals surface area contributed by atoms with E-state index in [-0.39, 0.29) is 35.9 Å². The lowest BCUT2D eigenvalue weighted by molar-refractivity contribution is -0.121. The minimum atomic E-state index is -0.172. The molecule has 2 rings (SSSR count). The Hall–Kier alpha value is -2.39. The number of thioether (sulfide) groups is 1. The van der Waals surface area contributed by atoms with E-state index in [1.54, 1.807) is 24.3 Å². The molecule has 0 atom stereocenters. The summed E-state index contributed by atoms with van der Waals surface area (Å²) in [6, 6.07) is 7.04. The minimum Gasteiger partial charge on any atom is -0.354 e. The fourth-order valence-corrected chi connectivity index (χ4v) is 3.82. The van der Waals surface area contributed by atoms with E-state index in [0.717, 1.165) is 4.34 Å². The van der Waals surface area contributed by atoms with Gasteiger partial charge in [-0.05, 0) is 32.0 Å². The third-order valence-electron chi connectivity index (χ3n) is 3.12. The van der Waals surface area contributed by atoms with Gasteiger partial charge in [0, 0.05) is 29.7 Å². The summed E-state index contributed by atoms with van der Waals surface area (Å²) in [5.74, 6) is -0.205. The second-order valence-corrected chi connectivity index (χ2v) is 8.18. The zero-order valence-electron chi connectivity index (χ0n) is 15.4. The first kappa shape index (κ1) is 20.9. The molecule has 0 fully saturated rings. The average Bonchev–Trinajstić information content (AvgIpc) is 2.99. The van der Waals surface area contributed by atoms with Gasteiger partial charge in [0.15, 0.2) is 4.34 Å². The second kappa shape index (κ2) is 10.1. The largest absolute Gasteiger partial charge is 0.354 e. The molecule has 0 saturated heterocycles. The van der Waals surface area contributed by atoms with Crippen LogP contribution >= 0.6 is 23.1 Å². The molecule has 1 heterocycles. The summed E-state index contributed by atoms with van der Waals surface area (Å²) in [6.45, 7) is 5.24. The standard InChI is InChI=1S/C18H22N4O3S2/c1-11(2)19-16(24)8-15-9-26-18(22-15)27-10-17(25)21-14-6-4-5-13(7-14)20-12(3)23/h4-7,9,11H,8,10H2,1-3H3,(H,19,24)(H,20,23)(H,21,25). The lowest BCUT2D eigenvalue weighted by Gasteiger charge is -2.07. The van der Waals surface area contributed by atoms with Crippen LogP contribution in [0.15, 0.2) is 34.0 Å². The number of hydrogen-bond acceptors (Lipinski definition) is 6. The predicted molar refractivity (Wildman–Crippen MR) is 109 cm³/mol. The highest BCUT2D eigenvalue weighted by Gasteiger charge is 2.11. The Morgan fingerprint density at radius 2 is 1.85 bits per heavy atom. The van der Waals surface area contributed by atoms with Gasteiger partial charge in [-0.15, -0.1) is 11.3 Å². The predicted octanol–water partition coefficient (Wildman–Crippen LogP) is 2.90. The minimum absolute atomic E-state index is 0.0661. The van der Waals surface area contributed by atoms with Gasteiger partial charge in [0.05, 0.1) is 17.9 Å². The molecule has 1 aromatic carbocycles. The Labute approximate surface area is 166 Å². The highest BCUT2D eigenvalue weighted by Crippen LogP contribution is 2.23. The number of aromatic nitrogens is 1. The van der Waals surface area contributed by atoms with E-state index < -0.39 is 0 Å². The summed E-state index contributed by atoms with van der Waals surface area (Å²) in [5.41, 5.74) is 1.93. The highest BCUT2D eigenvalue weighted by atomic mass is 32.2. The van der Waals surface area contributed by atoms with Crippen molar-refractivity contribution in [1.82, 2.24) is 10.3 Å². The molecular formula is C18H22N4O3S2. The van der Waals surface area contributed by atoms with Crippen LogP contribution in [0.3, 0.4) is 0 Å². The van der Waals surface area contributed by atoms with Crippen LogP contribution in [0.5, 0.6) is 0 Å². The number of nitrogens with one attached hydrogen (secondary N) is 3. The highest BCUT2D eigenvalue weighted by molar-refractivity contribution is 8.01. The molecule has 2 aromatic rings. The maximum absolute atomic E-state index is 12.1. The summed E-state index contributed by atoms with van der Waals surface area (Å²) >= 11 is 2.73. The van der Waals surface area contributed by atoms with Crippen molar-refractivity contribution in [2.75, 3.05) is 16.4 Å². The zero-order valence-corrected chi connectivity index (χ0v) is 17.0. The third-order valence-corrected chi connectivity index (χ3v) is 5.19. The van der Waals surface area contributed by atoms with Crippen LogP contribution in [0.2, 0.25) is 0 Å². The number of carbonyl (C=O) groups excluding carboxylic acids is 3. The lowest BCUT2D eigenvalue weighted by Crippen LogP contribution is -2.31. The van der Waals surface area contributed by atoms with Crippen LogP contribution < -0.4 is 16.0 Å². The number of anilines is 2. The molecule has 9 heteroatoms. The van der Waals surface area contributed by atoms with Crippen LogP contribution in [0.25, 0.3) is 0 Å². The molecule has 27 heavy (non-hydrogen) atoms. The normalized spacial score (nSPS) is 10.5. The van der Waals surface area contributed by atoms with E-state index in [2.05, 4.69) is 20.9 Å². The van der Waals surface area contributed by atoms with Gasteiger partial charge in [0.2, 0.25) is 17.7 Å². The van der Waals surface area contributed by atoms with Gasteiger partial charge in [0.1, 0.15) is 0 Å². The molecule has 0 radical (unpaired) electrons. The van der Waals surface area contributed by atoms with Gasteiger partial charge < -0.3 is 16.0 Å². The number of benzene rings is 1. The molecule has 0 bridgehead atoms. The van der Waals surface area contributed by atoms with Gasteiger partial charge in [-0.2, -0.15) is 0 Å². The molecule has 0 aliphatic heterocycles. The van der Waals surface area contributed by atoms with Crippen molar-refractivity contribution in [3.05, 3.63) is 35.3 Å². The number of rotatable bonds is 8. The topological polar surface area (TPSA) is 100 Å². The van der Waals surface area contributed by atoms with Crippen molar-refractivity contribution in [2.24, 2.45) is 0 Å². The number of amides is 3. The first-order valence-electron chi connectivity index (χ1n) is 8.36. The summed E-state index contributed by atoms with van der Waals surface area (Å²) in [5, 5.41) is 10.1. The van der Waals surface area contributed by atoms with E-state index in [1.807, 2.05) is 19.2 Å². The maximum atomic E-state index is 12.1. The van der Waals surface area contributed by atoms with Crippen molar-refractivity contribution in [3.8, 4) is 0 Å². The number of thiazole rings is 1. The van der Waals surface area contributed by atoms with Crippen LogP contribution in [-0.2, 0) is 20.8 Å². The van der Waals surface area contributed by atoms with E-state index in [0.29, 0.717) is 17.1 Å². The number of hydrogen-bond donors (Lipinski definition) is 3. The van der Waals surface area contributed by atoms with Crippen molar-refractivity contribution in [2.45, 2.75) is 37.6 Å². The van der Waals surface area contributed by atoms with Gasteiger partial charge >= 0.3 is 0 Å². The lowest BCUT2D eigenvalue weighted by atomic mass is 10.2. The molecule has 144 valence electrons. The van der Waals surface area contributed by atoms with Gasteiger partial charge in [-0.3, -0.25) is 14.4 Å². The van der Waals surface area contributed by atoms with Gasteiger partial charge in [-0.1, -0.05) is 17.8 Å². The van der Waals surface area contributed by atoms with Gasteiger partial charge in [0.25, 0.3) is 0 Å². The van der Waals surface area contributed by atoms with Crippen molar-refractivity contribution < 1.29 is 14.4 Å². The third kappa shape index (κ3) is 7.79. The maximum Gasteiger partial charge on any atom is 0.234 e. The van der Waals surface area contributed by atoms with Gasteiger partial charge in [-0.25, -0.2) is 4.98 Å². The Balaban J connectivity index is 1.82. The number of nitrogens with zero attached hydrogens (tertiary/aromatic N) is 1. The van der Waals surface area contributed by atoms with Crippen LogP contribution in [-0.4, -0.2) is 34.5 Å². The summed E-state index contributed by atoms with van der Waals surface area (Å²) in [7, 11) is 0. The molecule has 7 nitrogen and oxygen atoms in total. The van der Waals surface area contributed by atoms with Crippen LogP contribution in [0, 0.1) is 0 Å². The summed E-state index contributed by atoms with van der Waals surface area (Å²) in [4.78, 5) is 39.3. The SMILES string of the molecule is CC(=O)Nc1cccc(NC(=O)CSc2nc(CC(=O)NC(C)C)cs2)c1. The van der Waals surface area contributed by atoms with E-state index in [1.165, 1.54) is 30.0 Å². The van der Waals surface area contributed by atoms with Crippen LogP contribution in [0.1, 0.15) is 26.5 Å². The van der Waals surface area contributed by atoms with E-state index >= 15 is 0 Å².